The van der Waals surface area contributed by atoms with Gasteiger partial charge in [0.2, 0.25) is 23.6 Å². The van der Waals surface area contributed by atoms with Gasteiger partial charge < -0.3 is 20.4 Å². The topological polar surface area (TPSA) is 102 Å². The second-order valence-corrected chi connectivity index (χ2v) is 14.5. The molecule has 2 aromatic carbocycles. The molecule has 2 aliphatic rings. The molecule has 2 saturated heterocycles. The third kappa shape index (κ3) is 8.16. The van der Waals surface area contributed by atoms with Crippen molar-refractivity contribution in [3.05, 3.63) is 54.1 Å². The van der Waals surface area contributed by atoms with E-state index in [1.165, 1.54) is 0 Å². The molecular weight excluding hydrogens is 578 g/mol. The summed E-state index contributed by atoms with van der Waals surface area (Å²) in [6.45, 7) is 13.0. The predicted octanol–water partition coefficient (Wildman–Crippen LogP) is 5.21. The molecule has 2 heterocycles. The summed E-state index contributed by atoms with van der Waals surface area (Å²) in [6, 6.07) is 11.8. The lowest BCUT2D eigenvalue weighted by Gasteiger charge is -2.39. The molecule has 0 spiro atoms. The third-order valence-electron chi connectivity index (χ3n) is 9.54. The normalized spacial score (nSPS) is 20.8. The number of rotatable bonds is 9. The molecule has 2 N–H and O–H groups in total. The van der Waals surface area contributed by atoms with Gasteiger partial charge in [0.1, 0.15) is 12.1 Å². The van der Waals surface area contributed by atoms with Crippen molar-refractivity contribution in [3.8, 4) is 0 Å². The molecule has 4 atom stereocenters. The van der Waals surface area contributed by atoms with E-state index in [1.807, 2.05) is 90.2 Å². The smallest absolute Gasteiger partial charge is 0.249 e. The average Bonchev–Trinajstić information content (AvgIpc) is 3.51. The van der Waals surface area contributed by atoms with E-state index in [4.69, 9.17) is 0 Å². The zero-order chi connectivity index (χ0) is 33.8. The van der Waals surface area contributed by atoms with Gasteiger partial charge in [-0.2, -0.15) is 0 Å². The Balaban J connectivity index is 1.48. The van der Waals surface area contributed by atoms with Crippen molar-refractivity contribution in [2.45, 2.75) is 97.8 Å². The Hall–Kier alpha value is -3.72. The summed E-state index contributed by atoms with van der Waals surface area (Å²) in [5, 5.41) is 8.23. The summed E-state index contributed by atoms with van der Waals surface area (Å²) in [6.07, 6.45) is 6.01. The van der Waals surface area contributed by atoms with Crippen molar-refractivity contribution < 1.29 is 19.2 Å². The van der Waals surface area contributed by atoms with Crippen molar-refractivity contribution >= 4 is 40.1 Å². The largest absolute Gasteiger partial charge is 0.342 e. The van der Waals surface area contributed by atoms with Gasteiger partial charge in [0.25, 0.3) is 0 Å². The maximum atomic E-state index is 14.1. The van der Waals surface area contributed by atoms with Crippen LogP contribution in [-0.2, 0) is 19.2 Å². The molecule has 0 saturated carbocycles. The molecule has 0 aliphatic carbocycles. The first kappa shape index (κ1) is 35.1. The van der Waals surface area contributed by atoms with Crippen LogP contribution >= 0.6 is 0 Å². The van der Waals surface area contributed by atoms with E-state index in [9.17, 15) is 19.2 Å². The van der Waals surface area contributed by atoms with Gasteiger partial charge in [-0.25, -0.2) is 0 Å². The minimum Gasteiger partial charge on any atom is -0.342 e. The van der Waals surface area contributed by atoms with E-state index in [0.29, 0.717) is 24.2 Å². The molecule has 2 fully saturated rings. The van der Waals surface area contributed by atoms with Crippen molar-refractivity contribution in [2.24, 2.45) is 11.3 Å². The number of likely N-dealkylation sites (N-methyl/N-ethyl adjacent to an activating group) is 2. The number of amides is 4. The van der Waals surface area contributed by atoms with Gasteiger partial charge in [-0.05, 0) is 80.4 Å². The lowest BCUT2D eigenvalue weighted by Crippen LogP contribution is -2.59. The van der Waals surface area contributed by atoms with E-state index in [-0.39, 0.29) is 41.6 Å². The van der Waals surface area contributed by atoms with Crippen LogP contribution in [0.4, 0.5) is 5.69 Å². The number of nitrogens with one attached hydrogen (secondary N) is 2. The van der Waals surface area contributed by atoms with Crippen molar-refractivity contribution in [1.82, 2.24) is 20.0 Å². The second-order valence-electron chi connectivity index (χ2n) is 14.5. The number of carbonyl (C=O) groups is 4. The number of likely N-dealkylation sites (tertiary alicyclic amines) is 2. The lowest BCUT2D eigenvalue weighted by molar-refractivity contribution is -0.141. The van der Waals surface area contributed by atoms with Crippen LogP contribution in [0.15, 0.2) is 54.1 Å². The lowest BCUT2D eigenvalue weighted by atomic mass is 9.84. The van der Waals surface area contributed by atoms with Gasteiger partial charge in [-0.1, -0.05) is 77.4 Å². The Labute approximate surface area is 274 Å². The van der Waals surface area contributed by atoms with E-state index in [1.54, 1.807) is 23.8 Å². The molecule has 2 aliphatic heterocycles. The molecule has 4 rings (SSSR count). The maximum absolute atomic E-state index is 14.1. The van der Waals surface area contributed by atoms with Gasteiger partial charge in [0, 0.05) is 24.9 Å². The number of fused-ring (bicyclic) bond motifs is 1. The third-order valence-corrected chi connectivity index (χ3v) is 9.54. The number of nitrogens with zero attached hydrogens (tertiary/aromatic N) is 3. The van der Waals surface area contributed by atoms with E-state index >= 15 is 0 Å². The zero-order valence-electron chi connectivity index (χ0n) is 28.9. The van der Waals surface area contributed by atoms with Gasteiger partial charge >= 0.3 is 0 Å². The van der Waals surface area contributed by atoms with Crippen LogP contribution in [0.1, 0.15) is 73.6 Å². The number of piperidine rings is 1. The maximum Gasteiger partial charge on any atom is 0.249 e. The van der Waals surface area contributed by atoms with Crippen LogP contribution in [0.2, 0.25) is 0 Å². The van der Waals surface area contributed by atoms with Crippen LogP contribution in [0, 0.1) is 11.3 Å². The minimum absolute atomic E-state index is 0.00285. The highest BCUT2D eigenvalue weighted by atomic mass is 16.2. The standard InChI is InChI=1S/C37H53N5O4/c1-24(2)31(41(8)36(46)32(37(4,5)6)39-33(43)29-16-11-12-20-40(29)7)22-25(3)35(45)42-21-13-17-30(42)34(44)38-28-19-18-26-14-9-10-15-27(26)23-28/h9-10,14-15,18-19,22-24,29-32H,11-13,16-17,20-21H2,1-8H3,(H,38,44)(H,39,43)/t29-,30+,31?,32-/m1/s1. The number of anilines is 1. The summed E-state index contributed by atoms with van der Waals surface area (Å²) in [4.78, 5) is 60.0. The Kier molecular flexibility index (Phi) is 11.3. The molecule has 250 valence electrons. The fraction of sp³-hybridized carbons (Fsp3) is 0.568. The van der Waals surface area contributed by atoms with E-state index in [2.05, 4.69) is 15.5 Å². The quantitative estimate of drug-likeness (QED) is 0.370. The van der Waals surface area contributed by atoms with Gasteiger partial charge in [0.15, 0.2) is 0 Å². The van der Waals surface area contributed by atoms with Gasteiger partial charge in [-0.3, -0.25) is 24.1 Å². The van der Waals surface area contributed by atoms with E-state index in [0.717, 1.165) is 43.0 Å². The molecule has 1 unspecified atom stereocenters. The predicted molar refractivity (Wildman–Crippen MR) is 184 cm³/mol. The molecule has 2 aromatic rings. The molecule has 46 heavy (non-hydrogen) atoms. The van der Waals surface area contributed by atoms with Crippen LogP contribution < -0.4 is 10.6 Å². The highest BCUT2D eigenvalue weighted by Gasteiger charge is 2.40. The first-order valence-electron chi connectivity index (χ1n) is 16.8. The summed E-state index contributed by atoms with van der Waals surface area (Å²) in [5.41, 5.74) is 0.667. The Bertz CT molecular complexity index is 1460. The number of carbonyl (C=O) groups excluding carboxylic acids is 4. The summed E-state index contributed by atoms with van der Waals surface area (Å²) < 4.78 is 0. The number of benzene rings is 2. The van der Waals surface area contributed by atoms with Crippen molar-refractivity contribution in [3.63, 3.8) is 0 Å². The molecule has 9 heteroatoms. The van der Waals surface area contributed by atoms with Crippen LogP contribution in [0.5, 0.6) is 0 Å². The Morgan fingerprint density at radius 3 is 2.24 bits per heavy atom. The molecule has 9 nitrogen and oxygen atoms in total. The highest BCUT2D eigenvalue weighted by molar-refractivity contribution is 6.02. The highest BCUT2D eigenvalue weighted by Crippen LogP contribution is 2.27. The van der Waals surface area contributed by atoms with Crippen molar-refractivity contribution in [1.29, 1.82) is 0 Å². The van der Waals surface area contributed by atoms with Crippen LogP contribution in [0.3, 0.4) is 0 Å². The van der Waals surface area contributed by atoms with Gasteiger partial charge in [0.05, 0.1) is 12.1 Å². The first-order chi connectivity index (χ1) is 21.7. The monoisotopic (exact) mass is 631 g/mol. The van der Waals surface area contributed by atoms with Crippen LogP contribution in [-0.4, -0.2) is 89.7 Å². The SMILES string of the molecule is CC(=CC(C(C)C)N(C)C(=O)[C@@H](NC(=O)[C@H]1CCCCN1C)C(C)(C)C)C(=O)N1CCC[C@H]1C(=O)Nc1ccc2ccccc2c1. The van der Waals surface area contributed by atoms with Crippen LogP contribution in [0.25, 0.3) is 10.8 Å². The van der Waals surface area contributed by atoms with E-state index < -0.39 is 17.5 Å². The molecular formula is C37H53N5O4. The Morgan fingerprint density at radius 1 is 0.913 bits per heavy atom. The average molecular weight is 632 g/mol. The summed E-state index contributed by atoms with van der Waals surface area (Å²) in [7, 11) is 3.70. The molecule has 0 aromatic heterocycles. The number of hydrogen-bond acceptors (Lipinski definition) is 5. The molecule has 4 amide bonds. The second kappa shape index (κ2) is 14.8. The molecule has 0 bridgehead atoms. The fourth-order valence-electron chi connectivity index (χ4n) is 6.72. The first-order valence-corrected chi connectivity index (χ1v) is 16.8. The van der Waals surface area contributed by atoms with Crippen molar-refractivity contribution in [2.75, 3.05) is 32.5 Å². The summed E-state index contributed by atoms with van der Waals surface area (Å²) >= 11 is 0. The minimum atomic E-state index is -0.729. The molecule has 0 radical (unpaired) electrons. The fourth-order valence-corrected chi connectivity index (χ4v) is 6.72. The number of hydrogen-bond donors (Lipinski definition) is 2. The zero-order valence-corrected chi connectivity index (χ0v) is 28.9. The van der Waals surface area contributed by atoms with Gasteiger partial charge in [-0.15, -0.1) is 0 Å². The Morgan fingerprint density at radius 2 is 1.59 bits per heavy atom. The summed E-state index contributed by atoms with van der Waals surface area (Å²) in [5.74, 6) is -0.710.